The Bertz CT molecular complexity index is 761. The minimum Gasteiger partial charge on any atom is -0.268 e. The summed E-state index contributed by atoms with van der Waals surface area (Å²) >= 11 is 6.50. The van der Waals surface area contributed by atoms with Crippen LogP contribution >= 0.6 is 31.9 Å². The van der Waals surface area contributed by atoms with E-state index in [0.717, 1.165) is 11.0 Å². The third kappa shape index (κ3) is 1.99. The lowest BCUT2D eigenvalue weighted by Crippen LogP contribution is -2.29. The van der Waals surface area contributed by atoms with E-state index in [1.54, 1.807) is 18.2 Å². The molecule has 0 unspecified atom stereocenters. The number of hydrogen-bond acceptors (Lipinski definition) is 2. The van der Waals surface area contributed by atoms with Gasteiger partial charge in [-0.2, -0.15) is 0 Å². The van der Waals surface area contributed by atoms with Crippen LogP contribution in [0.2, 0.25) is 0 Å². The molecule has 3 nitrogen and oxygen atoms in total. The molecule has 0 radical (unpaired) electrons. The second-order valence-corrected chi connectivity index (χ2v) is 6.00. The first-order valence-corrected chi connectivity index (χ1v) is 7.21. The number of anilines is 1. The van der Waals surface area contributed by atoms with E-state index in [4.69, 9.17) is 0 Å². The van der Waals surface area contributed by atoms with Crippen molar-refractivity contribution in [2.75, 3.05) is 4.90 Å². The Labute approximate surface area is 130 Å². The number of imide groups is 1. The molecule has 0 aromatic heterocycles. The number of rotatable bonds is 1. The third-order valence-electron chi connectivity index (χ3n) is 3.00. The van der Waals surface area contributed by atoms with E-state index >= 15 is 0 Å². The molecule has 0 fully saturated rings. The number of halogens is 3. The van der Waals surface area contributed by atoms with E-state index in [1.807, 2.05) is 0 Å². The fraction of sp³-hybridized carbons (Fsp3) is 0. The summed E-state index contributed by atoms with van der Waals surface area (Å²) < 4.78 is 14.6. The summed E-state index contributed by atoms with van der Waals surface area (Å²) in [6.45, 7) is 0. The average Bonchev–Trinajstić information content (AvgIpc) is 2.65. The summed E-state index contributed by atoms with van der Waals surface area (Å²) in [6, 6.07) is 8.72. The van der Waals surface area contributed by atoms with E-state index < -0.39 is 17.6 Å². The van der Waals surface area contributed by atoms with Gasteiger partial charge in [0.1, 0.15) is 5.82 Å². The van der Waals surface area contributed by atoms with Crippen molar-refractivity contribution >= 4 is 49.4 Å². The highest BCUT2D eigenvalue weighted by molar-refractivity contribution is 9.10. The molecule has 20 heavy (non-hydrogen) atoms. The first kappa shape index (κ1) is 13.5. The zero-order valence-corrected chi connectivity index (χ0v) is 13.0. The van der Waals surface area contributed by atoms with Crippen LogP contribution in [-0.2, 0) is 0 Å². The van der Waals surface area contributed by atoms with Crippen molar-refractivity contribution in [3.63, 3.8) is 0 Å². The minimum atomic E-state index is -0.513. The van der Waals surface area contributed by atoms with Crippen LogP contribution < -0.4 is 4.90 Å². The molecule has 2 aromatic carbocycles. The van der Waals surface area contributed by atoms with Crippen LogP contribution in [0.5, 0.6) is 0 Å². The maximum absolute atomic E-state index is 13.4. The molecule has 1 aliphatic heterocycles. The van der Waals surface area contributed by atoms with E-state index in [0.29, 0.717) is 20.1 Å². The smallest absolute Gasteiger partial charge is 0.266 e. The van der Waals surface area contributed by atoms with Gasteiger partial charge in [0, 0.05) is 8.95 Å². The second-order valence-electron chi connectivity index (χ2n) is 4.23. The highest BCUT2D eigenvalue weighted by Crippen LogP contribution is 2.34. The van der Waals surface area contributed by atoms with Crippen molar-refractivity contribution in [2.24, 2.45) is 0 Å². The molecule has 0 N–H and O–H groups in total. The fourth-order valence-electron chi connectivity index (χ4n) is 2.09. The molecule has 2 amide bonds. The van der Waals surface area contributed by atoms with Crippen LogP contribution in [0.25, 0.3) is 0 Å². The quantitative estimate of drug-likeness (QED) is 0.676. The Morgan fingerprint density at radius 2 is 1.60 bits per heavy atom. The lowest BCUT2D eigenvalue weighted by molar-refractivity contribution is 0.0926. The maximum Gasteiger partial charge on any atom is 0.266 e. The van der Waals surface area contributed by atoms with Gasteiger partial charge in [-0.05, 0) is 52.3 Å². The summed E-state index contributed by atoms with van der Waals surface area (Å²) in [7, 11) is 0. The molecule has 1 heterocycles. The van der Waals surface area contributed by atoms with Gasteiger partial charge in [0.25, 0.3) is 11.8 Å². The van der Waals surface area contributed by atoms with Crippen molar-refractivity contribution in [2.45, 2.75) is 0 Å². The zero-order valence-electron chi connectivity index (χ0n) is 9.86. The summed E-state index contributed by atoms with van der Waals surface area (Å²) in [5.41, 5.74) is 0.821. The second kappa shape index (κ2) is 4.79. The Hall–Kier alpha value is -1.53. The molecule has 0 aliphatic carbocycles. The number of nitrogens with zero attached hydrogens (tertiary/aromatic N) is 1. The number of hydrogen-bond donors (Lipinski definition) is 0. The van der Waals surface area contributed by atoms with Crippen LogP contribution in [0.15, 0.2) is 45.3 Å². The Morgan fingerprint density at radius 3 is 2.35 bits per heavy atom. The van der Waals surface area contributed by atoms with E-state index in [-0.39, 0.29) is 5.69 Å². The number of carbonyl (C=O) groups is 2. The molecule has 2 aromatic rings. The van der Waals surface area contributed by atoms with Crippen LogP contribution in [-0.4, -0.2) is 11.8 Å². The van der Waals surface area contributed by atoms with Gasteiger partial charge < -0.3 is 0 Å². The molecule has 0 bridgehead atoms. The third-order valence-corrected chi connectivity index (χ3v) is 4.16. The van der Waals surface area contributed by atoms with E-state index in [1.165, 1.54) is 12.1 Å². The summed E-state index contributed by atoms with van der Waals surface area (Å²) in [6.07, 6.45) is 0. The Kier molecular flexibility index (Phi) is 3.22. The fourth-order valence-corrected chi connectivity index (χ4v) is 2.87. The van der Waals surface area contributed by atoms with Gasteiger partial charge in [-0.15, -0.1) is 0 Å². The van der Waals surface area contributed by atoms with Gasteiger partial charge in [-0.3, -0.25) is 9.59 Å². The molecular weight excluding hydrogens is 393 g/mol. The molecular formula is C14H6Br2FNO2. The van der Waals surface area contributed by atoms with E-state index in [2.05, 4.69) is 31.9 Å². The van der Waals surface area contributed by atoms with Crippen LogP contribution in [0.1, 0.15) is 20.7 Å². The molecule has 0 saturated carbocycles. The SMILES string of the molecule is O=C1c2ccc(Br)cc2C(=O)N1c1cc(F)ccc1Br. The van der Waals surface area contributed by atoms with Crippen LogP contribution in [0.4, 0.5) is 10.1 Å². The minimum absolute atomic E-state index is 0.201. The van der Waals surface area contributed by atoms with Crippen molar-refractivity contribution in [3.05, 3.63) is 62.3 Å². The van der Waals surface area contributed by atoms with Gasteiger partial charge in [-0.1, -0.05) is 15.9 Å². The van der Waals surface area contributed by atoms with Crippen molar-refractivity contribution in [1.82, 2.24) is 0 Å². The summed E-state index contributed by atoms with van der Waals surface area (Å²) in [5.74, 6) is -1.43. The number of benzene rings is 2. The standard InChI is InChI=1S/C14H6Br2FNO2/c15-7-1-3-9-10(5-7)14(20)18(13(9)19)12-6-8(17)2-4-11(12)16/h1-6H. The van der Waals surface area contributed by atoms with Gasteiger partial charge >= 0.3 is 0 Å². The molecule has 100 valence electrons. The lowest BCUT2D eigenvalue weighted by atomic mass is 10.1. The maximum atomic E-state index is 13.4. The predicted molar refractivity (Wildman–Crippen MR) is 79.4 cm³/mol. The normalized spacial score (nSPS) is 13.8. The number of fused-ring (bicyclic) bond motifs is 1. The number of carbonyl (C=O) groups excluding carboxylic acids is 2. The molecule has 6 heteroatoms. The van der Waals surface area contributed by atoms with E-state index in [9.17, 15) is 14.0 Å². The average molecular weight is 399 g/mol. The van der Waals surface area contributed by atoms with Gasteiger partial charge in [0.15, 0.2) is 0 Å². The largest absolute Gasteiger partial charge is 0.268 e. The Balaban J connectivity index is 2.16. The Morgan fingerprint density at radius 1 is 0.900 bits per heavy atom. The van der Waals surface area contributed by atoms with Crippen LogP contribution in [0.3, 0.4) is 0 Å². The van der Waals surface area contributed by atoms with Crippen molar-refractivity contribution in [1.29, 1.82) is 0 Å². The first-order valence-electron chi connectivity index (χ1n) is 5.62. The topological polar surface area (TPSA) is 37.4 Å². The first-order chi connectivity index (χ1) is 9.49. The summed E-state index contributed by atoms with van der Waals surface area (Å²) in [4.78, 5) is 25.7. The zero-order chi connectivity index (χ0) is 14.4. The summed E-state index contributed by atoms with van der Waals surface area (Å²) in [5, 5.41) is 0. The van der Waals surface area contributed by atoms with Crippen molar-refractivity contribution < 1.29 is 14.0 Å². The molecule has 0 spiro atoms. The van der Waals surface area contributed by atoms with Crippen LogP contribution in [0, 0.1) is 5.82 Å². The molecule has 0 atom stereocenters. The highest BCUT2D eigenvalue weighted by Gasteiger charge is 2.37. The monoisotopic (exact) mass is 397 g/mol. The predicted octanol–water partition coefficient (Wildman–Crippen LogP) is 4.15. The van der Waals surface area contributed by atoms with Gasteiger partial charge in [0.2, 0.25) is 0 Å². The number of amides is 2. The van der Waals surface area contributed by atoms with Gasteiger partial charge in [0.05, 0.1) is 16.8 Å². The molecule has 1 aliphatic rings. The van der Waals surface area contributed by atoms with Gasteiger partial charge in [-0.25, -0.2) is 9.29 Å². The molecule has 3 rings (SSSR count). The molecule has 0 saturated heterocycles. The lowest BCUT2D eigenvalue weighted by Gasteiger charge is -2.15. The van der Waals surface area contributed by atoms with Crippen molar-refractivity contribution in [3.8, 4) is 0 Å². The highest BCUT2D eigenvalue weighted by atomic mass is 79.9.